The molecule has 0 aliphatic carbocycles. The molecule has 2 aromatic rings. The number of hydrogen-bond acceptors (Lipinski definition) is 4. The van der Waals surface area contributed by atoms with E-state index in [1.807, 2.05) is 12.3 Å². The summed E-state index contributed by atoms with van der Waals surface area (Å²) in [6, 6.07) is 5.21. The highest BCUT2D eigenvalue weighted by Crippen LogP contribution is 2.19. The zero-order valence-corrected chi connectivity index (χ0v) is 12.2. The van der Waals surface area contributed by atoms with Crippen molar-refractivity contribution >= 4 is 33.2 Å². The first-order valence-electron chi connectivity index (χ1n) is 5.53. The first-order chi connectivity index (χ1) is 8.70. The van der Waals surface area contributed by atoms with Crippen molar-refractivity contribution in [2.75, 3.05) is 0 Å². The number of pyridine rings is 1. The van der Waals surface area contributed by atoms with Crippen LogP contribution in [0, 0.1) is 0 Å². The standard InChI is InChI=1S/C12H12BrN3OS/c1-2-8(12-14-6-7-18-12)16-11(17)9-4-3-5-10(13)15-9/h3-8H,2H2,1H3,(H,16,17). The van der Waals surface area contributed by atoms with E-state index in [4.69, 9.17) is 0 Å². The number of nitrogens with zero attached hydrogens (tertiary/aromatic N) is 2. The van der Waals surface area contributed by atoms with Crippen molar-refractivity contribution in [3.8, 4) is 0 Å². The average Bonchev–Trinajstić information content (AvgIpc) is 2.89. The Kier molecular flexibility index (Phi) is 4.43. The second-order valence-corrected chi connectivity index (χ2v) is 5.39. The second-order valence-electron chi connectivity index (χ2n) is 3.65. The molecule has 1 N–H and O–H groups in total. The number of amides is 1. The SMILES string of the molecule is CCC(NC(=O)c1cccc(Br)n1)c1nccs1. The van der Waals surface area contributed by atoms with E-state index >= 15 is 0 Å². The molecule has 2 rings (SSSR count). The zero-order chi connectivity index (χ0) is 13.0. The molecule has 94 valence electrons. The summed E-state index contributed by atoms with van der Waals surface area (Å²) in [6.07, 6.45) is 2.54. The fourth-order valence-corrected chi connectivity index (χ4v) is 2.63. The lowest BCUT2D eigenvalue weighted by Crippen LogP contribution is -2.28. The van der Waals surface area contributed by atoms with E-state index in [-0.39, 0.29) is 11.9 Å². The maximum absolute atomic E-state index is 12.0. The van der Waals surface area contributed by atoms with Crippen molar-refractivity contribution < 1.29 is 4.79 Å². The Labute approximate surface area is 118 Å². The number of hydrogen-bond donors (Lipinski definition) is 1. The van der Waals surface area contributed by atoms with Crippen LogP contribution in [0.25, 0.3) is 0 Å². The molecule has 6 heteroatoms. The summed E-state index contributed by atoms with van der Waals surface area (Å²) in [5, 5.41) is 5.76. The summed E-state index contributed by atoms with van der Waals surface area (Å²) in [4.78, 5) is 20.4. The van der Waals surface area contributed by atoms with Gasteiger partial charge in [0.05, 0.1) is 6.04 Å². The Morgan fingerprint density at radius 2 is 2.39 bits per heavy atom. The van der Waals surface area contributed by atoms with E-state index in [0.717, 1.165) is 11.4 Å². The number of nitrogens with one attached hydrogen (secondary N) is 1. The van der Waals surface area contributed by atoms with Crippen LogP contribution in [0.1, 0.15) is 34.9 Å². The Balaban J connectivity index is 2.11. The van der Waals surface area contributed by atoms with Gasteiger partial charge in [0.25, 0.3) is 5.91 Å². The van der Waals surface area contributed by atoms with Gasteiger partial charge in [-0.25, -0.2) is 9.97 Å². The predicted molar refractivity (Wildman–Crippen MR) is 74.5 cm³/mol. The van der Waals surface area contributed by atoms with Gasteiger partial charge in [0.1, 0.15) is 15.3 Å². The number of thiazole rings is 1. The average molecular weight is 326 g/mol. The Morgan fingerprint density at radius 1 is 1.56 bits per heavy atom. The minimum Gasteiger partial charge on any atom is -0.341 e. The van der Waals surface area contributed by atoms with E-state index < -0.39 is 0 Å². The van der Waals surface area contributed by atoms with Crippen LogP contribution in [0.3, 0.4) is 0 Å². The van der Waals surface area contributed by atoms with Gasteiger partial charge >= 0.3 is 0 Å². The van der Waals surface area contributed by atoms with Crippen LogP contribution in [0.15, 0.2) is 34.4 Å². The third-order valence-corrected chi connectivity index (χ3v) is 3.74. The number of aromatic nitrogens is 2. The summed E-state index contributed by atoms with van der Waals surface area (Å²) in [6.45, 7) is 2.01. The maximum atomic E-state index is 12.0. The fourth-order valence-electron chi connectivity index (χ4n) is 1.51. The van der Waals surface area contributed by atoms with Crippen LogP contribution in [-0.4, -0.2) is 15.9 Å². The van der Waals surface area contributed by atoms with Crippen LogP contribution in [0.5, 0.6) is 0 Å². The first kappa shape index (κ1) is 13.2. The van der Waals surface area contributed by atoms with Gasteiger partial charge in [-0.15, -0.1) is 11.3 Å². The van der Waals surface area contributed by atoms with Gasteiger partial charge in [-0.2, -0.15) is 0 Å². The molecule has 18 heavy (non-hydrogen) atoms. The molecular weight excluding hydrogens is 314 g/mol. The largest absolute Gasteiger partial charge is 0.341 e. The maximum Gasteiger partial charge on any atom is 0.270 e. The van der Waals surface area contributed by atoms with Gasteiger partial charge in [-0.1, -0.05) is 13.0 Å². The van der Waals surface area contributed by atoms with Crippen LogP contribution in [0.2, 0.25) is 0 Å². The predicted octanol–water partition coefficient (Wildman–Crippen LogP) is 3.18. The highest BCUT2D eigenvalue weighted by Gasteiger charge is 2.16. The van der Waals surface area contributed by atoms with E-state index in [1.54, 1.807) is 35.7 Å². The van der Waals surface area contributed by atoms with Crippen molar-refractivity contribution in [3.63, 3.8) is 0 Å². The molecule has 0 saturated carbocycles. The minimum absolute atomic E-state index is 0.0571. The molecule has 0 aliphatic rings. The van der Waals surface area contributed by atoms with Crippen molar-refractivity contribution in [1.29, 1.82) is 0 Å². The smallest absolute Gasteiger partial charge is 0.270 e. The van der Waals surface area contributed by atoms with E-state index in [0.29, 0.717) is 10.3 Å². The van der Waals surface area contributed by atoms with E-state index in [2.05, 4.69) is 31.2 Å². The molecule has 1 amide bonds. The topological polar surface area (TPSA) is 54.9 Å². The quantitative estimate of drug-likeness (QED) is 0.878. The molecule has 0 fully saturated rings. The Bertz CT molecular complexity index is 530. The highest BCUT2D eigenvalue weighted by atomic mass is 79.9. The third kappa shape index (κ3) is 3.14. The third-order valence-electron chi connectivity index (χ3n) is 2.41. The highest BCUT2D eigenvalue weighted by molar-refractivity contribution is 9.10. The molecule has 4 nitrogen and oxygen atoms in total. The number of carbonyl (C=O) groups is 1. The molecule has 0 saturated heterocycles. The summed E-state index contributed by atoms with van der Waals surface area (Å²) >= 11 is 4.79. The Morgan fingerprint density at radius 3 is 3.00 bits per heavy atom. The fraction of sp³-hybridized carbons (Fsp3) is 0.250. The zero-order valence-electron chi connectivity index (χ0n) is 9.76. The van der Waals surface area contributed by atoms with Gasteiger partial charge in [0.15, 0.2) is 0 Å². The van der Waals surface area contributed by atoms with Crippen molar-refractivity contribution in [2.24, 2.45) is 0 Å². The van der Waals surface area contributed by atoms with Crippen molar-refractivity contribution in [3.05, 3.63) is 45.1 Å². The molecular formula is C12H12BrN3OS. The second kappa shape index (κ2) is 6.06. The lowest BCUT2D eigenvalue weighted by atomic mass is 10.2. The molecule has 0 bridgehead atoms. The van der Waals surface area contributed by atoms with Crippen molar-refractivity contribution in [1.82, 2.24) is 15.3 Å². The lowest BCUT2D eigenvalue weighted by molar-refractivity contribution is 0.0930. The molecule has 2 aromatic heterocycles. The van der Waals surface area contributed by atoms with E-state index in [1.165, 1.54) is 0 Å². The summed E-state index contributed by atoms with van der Waals surface area (Å²) in [5.41, 5.74) is 0.402. The summed E-state index contributed by atoms with van der Waals surface area (Å²) in [7, 11) is 0. The van der Waals surface area contributed by atoms with Gasteiger partial charge in [-0.05, 0) is 34.5 Å². The van der Waals surface area contributed by atoms with E-state index in [9.17, 15) is 4.79 Å². The number of halogens is 1. The summed E-state index contributed by atoms with van der Waals surface area (Å²) < 4.78 is 0.650. The molecule has 2 heterocycles. The molecule has 1 unspecified atom stereocenters. The molecule has 0 aromatic carbocycles. The van der Waals surface area contributed by atoms with Crippen molar-refractivity contribution in [2.45, 2.75) is 19.4 Å². The molecule has 0 aliphatic heterocycles. The lowest BCUT2D eigenvalue weighted by Gasteiger charge is -2.13. The van der Waals surface area contributed by atoms with Gasteiger partial charge in [0.2, 0.25) is 0 Å². The van der Waals surface area contributed by atoms with Gasteiger partial charge < -0.3 is 5.32 Å². The van der Waals surface area contributed by atoms with Gasteiger partial charge in [0, 0.05) is 11.6 Å². The molecule has 0 radical (unpaired) electrons. The van der Waals surface area contributed by atoms with Crippen LogP contribution in [0.4, 0.5) is 0 Å². The minimum atomic E-state index is -0.182. The Hall–Kier alpha value is -1.27. The number of carbonyl (C=O) groups excluding carboxylic acids is 1. The van der Waals surface area contributed by atoms with Gasteiger partial charge in [-0.3, -0.25) is 4.79 Å². The number of rotatable bonds is 4. The molecule has 0 spiro atoms. The summed E-state index contributed by atoms with van der Waals surface area (Å²) in [5.74, 6) is -0.182. The van der Waals surface area contributed by atoms with Crippen LogP contribution < -0.4 is 5.32 Å². The first-order valence-corrected chi connectivity index (χ1v) is 7.20. The molecule has 1 atom stereocenters. The monoisotopic (exact) mass is 325 g/mol. The van der Waals surface area contributed by atoms with Crippen LogP contribution in [-0.2, 0) is 0 Å². The van der Waals surface area contributed by atoms with Crippen LogP contribution >= 0.6 is 27.3 Å². The normalized spacial score (nSPS) is 12.1.